The molecule has 2 aliphatic rings. The molecule has 1 N–H and O–H groups in total. The van der Waals surface area contributed by atoms with Crippen LogP contribution in [-0.2, 0) is 4.74 Å². The first-order valence-electron chi connectivity index (χ1n) is 7.18. The molecule has 1 aliphatic carbocycles. The van der Waals surface area contributed by atoms with Gasteiger partial charge in [-0.1, -0.05) is 20.8 Å². The van der Waals surface area contributed by atoms with E-state index in [2.05, 4.69) is 37.9 Å². The molecule has 2 fully saturated rings. The van der Waals surface area contributed by atoms with Crippen molar-refractivity contribution < 1.29 is 4.74 Å². The third-order valence-electron chi connectivity index (χ3n) is 4.71. The molecule has 1 heterocycles. The summed E-state index contributed by atoms with van der Waals surface area (Å²) in [5.41, 5.74) is 0.325. The van der Waals surface area contributed by atoms with Crippen LogP contribution in [0.5, 0.6) is 0 Å². The predicted octanol–water partition coefficient (Wildman–Crippen LogP) is 1.87. The maximum absolute atomic E-state index is 5.83. The van der Waals surface area contributed by atoms with Crippen molar-refractivity contribution in [1.29, 1.82) is 0 Å². The molecule has 17 heavy (non-hydrogen) atoms. The molecule has 3 heteroatoms. The molecule has 0 spiro atoms. The first-order chi connectivity index (χ1) is 8.09. The van der Waals surface area contributed by atoms with Crippen LogP contribution < -0.4 is 5.32 Å². The quantitative estimate of drug-likeness (QED) is 0.812. The Labute approximate surface area is 106 Å². The normalized spacial score (nSPS) is 37.8. The minimum atomic E-state index is 0.325. The summed E-state index contributed by atoms with van der Waals surface area (Å²) in [4.78, 5) is 2.68. The van der Waals surface area contributed by atoms with Crippen LogP contribution in [0.4, 0.5) is 0 Å². The number of hydrogen-bond donors (Lipinski definition) is 1. The lowest BCUT2D eigenvalue weighted by Gasteiger charge is -2.57. The highest BCUT2D eigenvalue weighted by Gasteiger charge is 2.51. The maximum Gasteiger partial charge on any atom is 0.0655 e. The van der Waals surface area contributed by atoms with Crippen LogP contribution >= 0.6 is 0 Å². The van der Waals surface area contributed by atoms with Gasteiger partial charge in [-0.2, -0.15) is 0 Å². The summed E-state index contributed by atoms with van der Waals surface area (Å²) in [5.74, 6) is 0. The fraction of sp³-hybridized carbons (Fsp3) is 1.00. The van der Waals surface area contributed by atoms with Crippen LogP contribution in [0, 0.1) is 5.41 Å². The van der Waals surface area contributed by atoms with E-state index < -0.39 is 0 Å². The topological polar surface area (TPSA) is 24.5 Å². The Morgan fingerprint density at radius 3 is 2.71 bits per heavy atom. The van der Waals surface area contributed by atoms with Gasteiger partial charge in [0.25, 0.3) is 0 Å². The first kappa shape index (κ1) is 13.3. The van der Waals surface area contributed by atoms with Crippen molar-refractivity contribution in [2.24, 2.45) is 5.41 Å². The molecule has 0 amide bonds. The van der Waals surface area contributed by atoms with Crippen LogP contribution in [0.25, 0.3) is 0 Å². The van der Waals surface area contributed by atoms with Crippen molar-refractivity contribution in [3.63, 3.8) is 0 Å². The Kier molecular flexibility index (Phi) is 4.11. The highest BCUT2D eigenvalue weighted by molar-refractivity contribution is 5.05. The summed E-state index contributed by atoms with van der Waals surface area (Å²) in [6, 6.07) is 1.40. The summed E-state index contributed by atoms with van der Waals surface area (Å²) >= 11 is 0. The molecule has 0 aromatic carbocycles. The molecular formula is C14H28N2O. The molecule has 1 aliphatic heterocycles. The molecule has 1 saturated carbocycles. The van der Waals surface area contributed by atoms with Gasteiger partial charge >= 0.3 is 0 Å². The predicted molar refractivity (Wildman–Crippen MR) is 71.3 cm³/mol. The van der Waals surface area contributed by atoms with Crippen molar-refractivity contribution in [2.45, 2.75) is 58.7 Å². The molecule has 3 unspecified atom stereocenters. The number of nitrogens with one attached hydrogen (secondary N) is 1. The number of piperazine rings is 1. The third kappa shape index (κ3) is 2.51. The highest BCUT2D eigenvalue weighted by Crippen LogP contribution is 2.46. The molecule has 0 radical (unpaired) electrons. The van der Waals surface area contributed by atoms with Gasteiger partial charge in [-0.3, -0.25) is 4.90 Å². The van der Waals surface area contributed by atoms with E-state index in [1.165, 1.54) is 25.9 Å². The number of nitrogens with zero attached hydrogens (tertiary/aromatic N) is 1. The van der Waals surface area contributed by atoms with E-state index in [9.17, 15) is 0 Å². The second-order valence-electron chi connectivity index (χ2n) is 6.07. The molecule has 3 nitrogen and oxygen atoms in total. The Morgan fingerprint density at radius 1 is 1.35 bits per heavy atom. The van der Waals surface area contributed by atoms with Gasteiger partial charge in [0.1, 0.15) is 0 Å². The number of ether oxygens (including phenoxy) is 1. The fourth-order valence-electron chi connectivity index (χ4n) is 3.38. The van der Waals surface area contributed by atoms with Crippen molar-refractivity contribution in [3.05, 3.63) is 0 Å². The van der Waals surface area contributed by atoms with Crippen molar-refractivity contribution >= 4 is 0 Å². The van der Waals surface area contributed by atoms with Gasteiger partial charge in [-0.25, -0.2) is 0 Å². The van der Waals surface area contributed by atoms with Gasteiger partial charge in [-0.15, -0.1) is 0 Å². The Hall–Kier alpha value is -0.120. The molecule has 0 aromatic rings. The molecule has 2 rings (SSSR count). The zero-order valence-electron chi connectivity index (χ0n) is 11.8. The Bertz CT molecular complexity index is 255. The SMILES string of the molecule is CCOC1CC(N2CCNC(CC)C2)C1(C)C. The maximum atomic E-state index is 5.83. The lowest BCUT2D eigenvalue weighted by molar-refractivity contribution is -0.153. The lowest BCUT2D eigenvalue weighted by atomic mass is 9.63. The van der Waals surface area contributed by atoms with Crippen LogP contribution in [0.2, 0.25) is 0 Å². The van der Waals surface area contributed by atoms with E-state index in [1.807, 2.05) is 0 Å². The van der Waals surface area contributed by atoms with Crippen molar-refractivity contribution in [3.8, 4) is 0 Å². The number of hydrogen-bond acceptors (Lipinski definition) is 3. The average molecular weight is 240 g/mol. The number of rotatable bonds is 4. The van der Waals surface area contributed by atoms with Gasteiger partial charge in [0, 0.05) is 43.7 Å². The second-order valence-corrected chi connectivity index (χ2v) is 6.07. The standard InChI is InChI=1S/C14H28N2O/c1-5-11-10-16(8-7-15-11)12-9-13(17-6-2)14(12,3)4/h11-13,15H,5-10H2,1-4H3. The van der Waals surface area contributed by atoms with Gasteiger partial charge in [0.15, 0.2) is 0 Å². The van der Waals surface area contributed by atoms with Crippen LogP contribution in [0.1, 0.15) is 40.5 Å². The third-order valence-corrected chi connectivity index (χ3v) is 4.71. The summed E-state index contributed by atoms with van der Waals surface area (Å²) in [6.45, 7) is 13.5. The van der Waals surface area contributed by atoms with Crippen LogP contribution in [-0.4, -0.2) is 49.3 Å². The molecular weight excluding hydrogens is 212 g/mol. The van der Waals surface area contributed by atoms with E-state index >= 15 is 0 Å². The largest absolute Gasteiger partial charge is 0.378 e. The van der Waals surface area contributed by atoms with Crippen LogP contribution in [0.15, 0.2) is 0 Å². The summed E-state index contributed by atoms with van der Waals surface area (Å²) in [6.07, 6.45) is 2.92. The summed E-state index contributed by atoms with van der Waals surface area (Å²) in [7, 11) is 0. The molecule has 100 valence electrons. The average Bonchev–Trinajstić information content (AvgIpc) is 2.34. The molecule has 1 saturated heterocycles. The molecule has 0 bridgehead atoms. The highest BCUT2D eigenvalue weighted by atomic mass is 16.5. The van der Waals surface area contributed by atoms with E-state index in [1.54, 1.807) is 0 Å². The minimum Gasteiger partial charge on any atom is -0.378 e. The second kappa shape index (κ2) is 5.25. The van der Waals surface area contributed by atoms with Crippen molar-refractivity contribution in [2.75, 3.05) is 26.2 Å². The molecule has 0 aromatic heterocycles. The van der Waals surface area contributed by atoms with Gasteiger partial charge in [0.2, 0.25) is 0 Å². The van der Waals surface area contributed by atoms with E-state index in [4.69, 9.17) is 4.74 Å². The van der Waals surface area contributed by atoms with E-state index in [0.29, 0.717) is 17.6 Å². The monoisotopic (exact) mass is 240 g/mol. The lowest BCUT2D eigenvalue weighted by Crippen LogP contribution is -2.66. The Balaban J connectivity index is 1.91. The zero-order valence-corrected chi connectivity index (χ0v) is 11.8. The first-order valence-corrected chi connectivity index (χ1v) is 7.18. The fourth-order valence-corrected chi connectivity index (χ4v) is 3.38. The Morgan fingerprint density at radius 2 is 2.12 bits per heavy atom. The minimum absolute atomic E-state index is 0.325. The van der Waals surface area contributed by atoms with E-state index in [0.717, 1.165) is 19.2 Å². The zero-order chi connectivity index (χ0) is 12.5. The van der Waals surface area contributed by atoms with E-state index in [-0.39, 0.29) is 0 Å². The van der Waals surface area contributed by atoms with Crippen LogP contribution in [0.3, 0.4) is 0 Å². The summed E-state index contributed by atoms with van der Waals surface area (Å²) in [5, 5.41) is 3.59. The smallest absolute Gasteiger partial charge is 0.0655 e. The summed E-state index contributed by atoms with van der Waals surface area (Å²) < 4.78 is 5.83. The van der Waals surface area contributed by atoms with Gasteiger partial charge < -0.3 is 10.1 Å². The van der Waals surface area contributed by atoms with Gasteiger partial charge in [0.05, 0.1) is 6.10 Å². The van der Waals surface area contributed by atoms with Crippen molar-refractivity contribution in [1.82, 2.24) is 10.2 Å². The van der Waals surface area contributed by atoms with Gasteiger partial charge in [-0.05, 0) is 19.8 Å². The molecule has 3 atom stereocenters.